The fraction of sp³-hybridized carbons (Fsp3) is 0.600. The number of phenols is 1. The molecular weight excluding hydrogens is 290 g/mol. The molecule has 100 valence electrons. The molecule has 0 aliphatic heterocycles. The molecule has 2 nitrogen and oxygen atoms in total. The van der Waals surface area contributed by atoms with E-state index in [1.165, 1.54) is 37.7 Å². The minimum absolute atomic E-state index is 0.370. The van der Waals surface area contributed by atoms with Crippen molar-refractivity contribution in [3.05, 3.63) is 29.8 Å². The van der Waals surface area contributed by atoms with Crippen molar-refractivity contribution in [1.29, 1.82) is 0 Å². The Kier molecular flexibility index (Phi) is 5.51. The Morgan fingerprint density at radius 3 is 2.67 bits per heavy atom. The van der Waals surface area contributed by atoms with Crippen LogP contribution in [0.25, 0.3) is 0 Å². The number of hydrogen-bond donors (Lipinski definition) is 1. The van der Waals surface area contributed by atoms with Crippen LogP contribution in [0.5, 0.6) is 5.75 Å². The Morgan fingerprint density at radius 2 is 2.00 bits per heavy atom. The third-order valence-electron chi connectivity index (χ3n) is 3.76. The molecule has 18 heavy (non-hydrogen) atoms. The molecule has 1 saturated carbocycles. The molecule has 0 bridgehead atoms. The summed E-state index contributed by atoms with van der Waals surface area (Å²) < 4.78 is 0. The number of nitrogens with zero attached hydrogens (tertiary/aromatic N) is 1. The fourth-order valence-corrected chi connectivity index (χ4v) is 3.29. The number of aromatic hydroxyl groups is 1. The first-order chi connectivity index (χ1) is 8.79. The maximum absolute atomic E-state index is 9.54. The zero-order valence-electron chi connectivity index (χ0n) is 10.8. The molecule has 0 atom stereocenters. The highest BCUT2D eigenvalue weighted by atomic mass is 79.9. The van der Waals surface area contributed by atoms with Crippen LogP contribution in [0, 0.1) is 0 Å². The van der Waals surface area contributed by atoms with E-state index in [-0.39, 0.29) is 0 Å². The van der Waals surface area contributed by atoms with Gasteiger partial charge in [0.25, 0.3) is 0 Å². The Bertz CT molecular complexity index is 363. The predicted octanol–water partition coefficient (Wildman–Crippen LogP) is 3.92. The Balaban J connectivity index is 2.00. The van der Waals surface area contributed by atoms with Gasteiger partial charge < -0.3 is 5.11 Å². The summed E-state index contributed by atoms with van der Waals surface area (Å²) in [5, 5.41) is 10.6. The highest BCUT2D eigenvalue weighted by Gasteiger charge is 2.20. The Labute approximate surface area is 118 Å². The summed E-state index contributed by atoms with van der Waals surface area (Å²) >= 11 is 3.55. The molecule has 0 unspecified atom stereocenters. The second-order valence-electron chi connectivity index (χ2n) is 5.12. The third-order valence-corrected chi connectivity index (χ3v) is 4.11. The number of phenolic OH excluding ortho intramolecular Hbond substituents is 1. The summed E-state index contributed by atoms with van der Waals surface area (Å²) in [4.78, 5) is 2.56. The molecule has 0 amide bonds. The van der Waals surface area contributed by atoms with Crippen LogP contribution in [0.15, 0.2) is 24.3 Å². The molecule has 2 rings (SSSR count). The van der Waals surface area contributed by atoms with Crippen molar-refractivity contribution in [2.45, 2.75) is 44.7 Å². The summed E-state index contributed by atoms with van der Waals surface area (Å²) in [6.07, 6.45) is 6.77. The monoisotopic (exact) mass is 311 g/mol. The van der Waals surface area contributed by atoms with Crippen molar-refractivity contribution >= 4 is 15.9 Å². The van der Waals surface area contributed by atoms with Crippen molar-refractivity contribution in [2.24, 2.45) is 0 Å². The highest BCUT2D eigenvalue weighted by molar-refractivity contribution is 9.09. The minimum atomic E-state index is 0.370. The van der Waals surface area contributed by atoms with Crippen molar-refractivity contribution in [1.82, 2.24) is 4.90 Å². The lowest BCUT2D eigenvalue weighted by atomic mass is 9.94. The molecule has 0 heterocycles. The van der Waals surface area contributed by atoms with Gasteiger partial charge in [0, 0.05) is 24.5 Å². The van der Waals surface area contributed by atoms with Crippen LogP contribution in [-0.2, 0) is 6.54 Å². The van der Waals surface area contributed by atoms with Crippen LogP contribution >= 0.6 is 15.9 Å². The summed E-state index contributed by atoms with van der Waals surface area (Å²) in [6.45, 7) is 2.03. The Hall–Kier alpha value is -0.540. The first-order valence-corrected chi connectivity index (χ1v) is 7.99. The summed E-state index contributed by atoms with van der Waals surface area (Å²) in [7, 11) is 0. The van der Waals surface area contributed by atoms with Gasteiger partial charge in [0.2, 0.25) is 0 Å². The lowest BCUT2D eigenvalue weighted by Crippen LogP contribution is -2.37. The van der Waals surface area contributed by atoms with E-state index in [1.54, 1.807) is 6.07 Å². The summed E-state index contributed by atoms with van der Waals surface area (Å²) in [5.74, 6) is 0.370. The highest BCUT2D eigenvalue weighted by Crippen LogP contribution is 2.24. The minimum Gasteiger partial charge on any atom is -0.508 e. The van der Waals surface area contributed by atoms with E-state index in [0.717, 1.165) is 24.5 Å². The molecule has 1 aliphatic carbocycles. The van der Waals surface area contributed by atoms with Crippen LogP contribution < -0.4 is 0 Å². The quantitative estimate of drug-likeness (QED) is 0.833. The maximum atomic E-state index is 9.54. The topological polar surface area (TPSA) is 23.5 Å². The summed E-state index contributed by atoms with van der Waals surface area (Å²) in [6, 6.07) is 8.36. The zero-order valence-corrected chi connectivity index (χ0v) is 12.4. The van der Waals surface area contributed by atoms with Gasteiger partial charge in [-0.1, -0.05) is 47.3 Å². The van der Waals surface area contributed by atoms with Gasteiger partial charge >= 0.3 is 0 Å². The number of alkyl halides is 1. The molecule has 0 radical (unpaired) electrons. The van der Waals surface area contributed by atoms with Gasteiger partial charge in [-0.15, -0.1) is 0 Å². The molecule has 0 aromatic heterocycles. The standard InChI is InChI=1S/C15H22BrNO/c16-9-10-17(14-6-2-1-3-7-14)12-13-5-4-8-15(18)11-13/h4-5,8,11,14,18H,1-3,6-7,9-10,12H2. The van der Waals surface area contributed by atoms with Gasteiger partial charge in [0.15, 0.2) is 0 Å². The first kappa shape index (κ1) is 13.9. The van der Waals surface area contributed by atoms with E-state index in [9.17, 15) is 5.11 Å². The van der Waals surface area contributed by atoms with Crippen LogP contribution in [0.1, 0.15) is 37.7 Å². The average Bonchev–Trinajstić information content (AvgIpc) is 2.39. The van der Waals surface area contributed by atoms with Gasteiger partial charge in [-0.25, -0.2) is 0 Å². The lowest BCUT2D eigenvalue weighted by Gasteiger charge is -2.34. The fourth-order valence-electron chi connectivity index (χ4n) is 2.83. The van der Waals surface area contributed by atoms with Gasteiger partial charge in [0.1, 0.15) is 5.75 Å². The van der Waals surface area contributed by atoms with Gasteiger partial charge in [-0.3, -0.25) is 4.90 Å². The van der Waals surface area contributed by atoms with E-state index < -0.39 is 0 Å². The van der Waals surface area contributed by atoms with E-state index in [1.807, 2.05) is 12.1 Å². The Morgan fingerprint density at radius 1 is 1.22 bits per heavy atom. The van der Waals surface area contributed by atoms with Crippen LogP contribution in [0.3, 0.4) is 0 Å². The molecule has 0 spiro atoms. The molecule has 0 saturated heterocycles. The normalized spacial score (nSPS) is 17.2. The number of halogens is 1. The predicted molar refractivity (Wildman–Crippen MR) is 79.2 cm³/mol. The SMILES string of the molecule is Oc1cccc(CN(CCBr)C2CCCCC2)c1. The largest absolute Gasteiger partial charge is 0.508 e. The van der Waals surface area contributed by atoms with Gasteiger partial charge in [-0.05, 0) is 30.5 Å². The second-order valence-corrected chi connectivity index (χ2v) is 5.91. The van der Waals surface area contributed by atoms with Crippen molar-refractivity contribution < 1.29 is 5.11 Å². The van der Waals surface area contributed by atoms with Crippen LogP contribution in [0.2, 0.25) is 0 Å². The molecular formula is C15H22BrNO. The van der Waals surface area contributed by atoms with Crippen molar-refractivity contribution in [3.63, 3.8) is 0 Å². The lowest BCUT2D eigenvalue weighted by molar-refractivity contribution is 0.157. The maximum Gasteiger partial charge on any atom is 0.115 e. The molecule has 1 aliphatic rings. The zero-order chi connectivity index (χ0) is 12.8. The van der Waals surface area contributed by atoms with Crippen LogP contribution in [0.4, 0.5) is 0 Å². The second kappa shape index (κ2) is 7.15. The number of hydrogen-bond acceptors (Lipinski definition) is 2. The molecule has 1 aromatic carbocycles. The van der Waals surface area contributed by atoms with Crippen LogP contribution in [-0.4, -0.2) is 27.9 Å². The molecule has 1 aromatic rings. The van der Waals surface area contributed by atoms with E-state index in [0.29, 0.717) is 5.75 Å². The number of benzene rings is 1. The first-order valence-electron chi connectivity index (χ1n) is 6.87. The van der Waals surface area contributed by atoms with Gasteiger partial charge in [-0.2, -0.15) is 0 Å². The molecule has 1 fully saturated rings. The smallest absolute Gasteiger partial charge is 0.115 e. The van der Waals surface area contributed by atoms with E-state index in [4.69, 9.17) is 0 Å². The number of rotatable bonds is 5. The average molecular weight is 312 g/mol. The third kappa shape index (κ3) is 3.99. The van der Waals surface area contributed by atoms with E-state index >= 15 is 0 Å². The van der Waals surface area contributed by atoms with Gasteiger partial charge in [0.05, 0.1) is 0 Å². The van der Waals surface area contributed by atoms with Crippen molar-refractivity contribution in [3.8, 4) is 5.75 Å². The summed E-state index contributed by atoms with van der Waals surface area (Å²) in [5.41, 5.74) is 1.21. The molecule has 3 heteroatoms. The molecule has 1 N–H and O–H groups in total. The van der Waals surface area contributed by atoms with E-state index in [2.05, 4.69) is 26.9 Å². The van der Waals surface area contributed by atoms with Crippen molar-refractivity contribution in [2.75, 3.05) is 11.9 Å².